The lowest BCUT2D eigenvalue weighted by Crippen LogP contribution is -2.47. The number of hydrogen-bond donors (Lipinski definition) is 3. The Morgan fingerprint density at radius 3 is 2.61 bits per heavy atom. The van der Waals surface area contributed by atoms with E-state index in [4.69, 9.17) is 0 Å². The van der Waals surface area contributed by atoms with Gasteiger partial charge in [0, 0.05) is 36.9 Å². The average molecular weight is 341 g/mol. The number of rotatable bonds is 8. The van der Waals surface area contributed by atoms with Crippen molar-refractivity contribution in [3.63, 3.8) is 0 Å². The predicted octanol–water partition coefficient (Wildman–Crippen LogP) is 0.507. The molecule has 7 nitrogen and oxygen atoms in total. The molecular formula is C15H27N5O2S. The van der Waals surface area contributed by atoms with Crippen molar-refractivity contribution < 1.29 is 8.42 Å². The molecule has 0 radical (unpaired) electrons. The molecule has 1 aromatic heterocycles. The van der Waals surface area contributed by atoms with E-state index in [0.29, 0.717) is 19.0 Å². The van der Waals surface area contributed by atoms with Gasteiger partial charge < -0.3 is 10.6 Å². The summed E-state index contributed by atoms with van der Waals surface area (Å²) in [7, 11) is -3.26. The summed E-state index contributed by atoms with van der Waals surface area (Å²) < 4.78 is 25.3. The summed E-state index contributed by atoms with van der Waals surface area (Å²) in [6.45, 7) is 7.34. The fourth-order valence-corrected chi connectivity index (χ4v) is 3.08. The fraction of sp³-hybridized carbons (Fsp3) is 0.600. The van der Waals surface area contributed by atoms with E-state index in [-0.39, 0.29) is 0 Å². The summed E-state index contributed by atoms with van der Waals surface area (Å²) >= 11 is 0. The van der Waals surface area contributed by atoms with Gasteiger partial charge in [0.2, 0.25) is 10.0 Å². The first-order valence-electron chi connectivity index (χ1n) is 7.63. The Labute approximate surface area is 139 Å². The van der Waals surface area contributed by atoms with E-state index in [1.54, 1.807) is 20.0 Å². The molecule has 1 rings (SSSR count). The van der Waals surface area contributed by atoms with Gasteiger partial charge >= 0.3 is 0 Å². The molecule has 0 atom stereocenters. The van der Waals surface area contributed by atoms with E-state index in [2.05, 4.69) is 25.3 Å². The zero-order chi connectivity index (χ0) is 17.3. The van der Waals surface area contributed by atoms with E-state index in [0.717, 1.165) is 24.9 Å². The van der Waals surface area contributed by atoms with Crippen LogP contribution in [0, 0.1) is 0 Å². The zero-order valence-electron chi connectivity index (χ0n) is 14.3. The minimum atomic E-state index is -3.26. The molecule has 0 aliphatic rings. The minimum absolute atomic E-state index is 0.332. The van der Waals surface area contributed by atoms with Crippen molar-refractivity contribution in [3.8, 4) is 0 Å². The van der Waals surface area contributed by atoms with Gasteiger partial charge in [0.1, 0.15) is 0 Å². The van der Waals surface area contributed by atoms with Gasteiger partial charge in [0.15, 0.2) is 5.96 Å². The highest BCUT2D eigenvalue weighted by atomic mass is 32.2. The van der Waals surface area contributed by atoms with Crippen molar-refractivity contribution in [2.45, 2.75) is 32.7 Å². The quantitative estimate of drug-likeness (QED) is 0.473. The first-order valence-corrected chi connectivity index (χ1v) is 9.52. The molecule has 0 saturated carbocycles. The summed E-state index contributed by atoms with van der Waals surface area (Å²) in [6, 6.07) is 5.82. The second kappa shape index (κ2) is 8.83. The Morgan fingerprint density at radius 2 is 2.04 bits per heavy atom. The number of sulfonamides is 1. The number of nitrogens with one attached hydrogen (secondary N) is 3. The van der Waals surface area contributed by atoms with Crippen LogP contribution in [-0.2, 0) is 16.4 Å². The van der Waals surface area contributed by atoms with Gasteiger partial charge in [-0.15, -0.1) is 0 Å². The third-order valence-electron chi connectivity index (χ3n) is 2.84. The lowest BCUT2D eigenvalue weighted by molar-refractivity contribution is 0.464. The summed E-state index contributed by atoms with van der Waals surface area (Å²) in [6.07, 6.45) is 3.71. The molecule has 1 heterocycles. The molecule has 0 saturated heterocycles. The van der Waals surface area contributed by atoms with Crippen molar-refractivity contribution in [3.05, 3.63) is 30.1 Å². The number of guanidine groups is 1. The molecule has 0 fully saturated rings. The van der Waals surface area contributed by atoms with Crippen molar-refractivity contribution in [2.24, 2.45) is 4.99 Å². The second-order valence-corrected chi connectivity index (χ2v) is 7.70. The molecule has 8 heteroatoms. The Morgan fingerprint density at radius 1 is 1.30 bits per heavy atom. The van der Waals surface area contributed by atoms with E-state index < -0.39 is 15.6 Å². The maximum atomic E-state index is 11.3. The van der Waals surface area contributed by atoms with Crippen LogP contribution >= 0.6 is 0 Å². The normalized spacial score (nSPS) is 13.0. The maximum Gasteiger partial charge on any atom is 0.209 e. The van der Waals surface area contributed by atoms with E-state index >= 15 is 0 Å². The highest BCUT2D eigenvalue weighted by Crippen LogP contribution is 2.04. The second-order valence-electron chi connectivity index (χ2n) is 5.95. The summed E-state index contributed by atoms with van der Waals surface area (Å²) in [5, 5.41) is 6.37. The number of pyridine rings is 1. The van der Waals surface area contributed by atoms with E-state index in [1.165, 1.54) is 0 Å². The SMILES string of the molecule is CCNC(=NCC(C)(C)NS(C)(=O)=O)NCCc1ccccn1. The molecule has 0 amide bonds. The van der Waals surface area contributed by atoms with Crippen molar-refractivity contribution in [1.82, 2.24) is 20.3 Å². The summed E-state index contributed by atoms with van der Waals surface area (Å²) in [5.41, 5.74) is 0.367. The Kier molecular flexibility index (Phi) is 7.44. The highest BCUT2D eigenvalue weighted by Gasteiger charge is 2.21. The molecular weight excluding hydrogens is 314 g/mol. The minimum Gasteiger partial charge on any atom is -0.357 e. The monoisotopic (exact) mass is 341 g/mol. The van der Waals surface area contributed by atoms with Gasteiger partial charge in [0.05, 0.1) is 12.8 Å². The van der Waals surface area contributed by atoms with Crippen LogP contribution in [0.5, 0.6) is 0 Å². The van der Waals surface area contributed by atoms with Crippen LogP contribution in [0.15, 0.2) is 29.4 Å². The summed E-state index contributed by atoms with van der Waals surface area (Å²) in [4.78, 5) is 8.72. The molecule has 0 aliphatic heterocycles. The lowest BCUT2D eigenvalue weighted by atomic mass is 10.1. The van der Waals surface area contributed by atoms with Gasteiger partial charge in [0.25, 0.3) is 0 Å². The van der Waals surface area contributed by atoms with Gasteiger partial charge in [-0.05, 0) is 32.9 Å². The first-order chi connectivity index (χ1) is 10.7. The van der Waals surface area contributed by atoms with Gasteiger partial charge in [-0.1, -0.05) is 6.07 Å². The average Bonchev–Trinajstić information content (AvgIpc) is 2.43. The van der Waals surface area contributed by atoms with Crippen LogP contribution in [0.2, 0.25) is 0 Å². The molecule has 1 aromatic rings. The molecule has 0 aromatic carbocycles. The highest BCUT2D eigenvalue weighted by molar-refractivity contribution is 7.88. The zero-order valence-corrected chi connectivity index (χ0v) is 15.1. The number of aromatic nitrogens is 1. The molecule has 0 bridgehead atoms. The first kappa shape index (κ1) is 19.4. The smallest absolute Gasteiger partial charge is 0.209 e. The number of nitrogens with zero attached hydrogens (tertiary/aromatic N) is 2. The van der Waals surface area contributed by atoms with E-state index in [9.17, 15) is 8.42 Å². The third kappa shape index (κ3) is 9.14. The van der Waals surface area contributed by atoms with Gasteiger partial charge in [-0.3, -0.25) is 9.98 Å². The summed E-state index contributed by atoms with van der Waals surface area (Å²) in [5.74, 6) is 0.659. The van der Waals surface area contributed by atoms with Crippen LogP contribution in [0.3, 0.4) is 0 Å². The lowest BCUT2D eigenvalue weighted by Gasteiger charge is -2.23. The van der Waals surface area contributed by atoms with Crippen molar-refractivity contribution in [1.29, 1.82) is 0 Å². The molecule has 0 unspecified atom stereocenters. The molecule has 3 N–H and O–H groups in total. The van der Waals surface area contributed by atoms with Crippen LogP contribution in [0.4, 0.5) is 0 Å². The Bertz CT molecular complexity index is 600. The van der Waals surface area contributed by atoms with Crippen LogP contribution < -0.4 is 15.4 Å². The third-order valence-corrected chi connectivity index (χ3v) is 3.76. The maximum absolute atomic E-state index is 11.3. The Balaban J connectivity index is 2.55. The topological polar surface area (TPSA) is 95.5 Å². The van der Waals surface area contributed by atoms with Gasteiger partial charge in [-0.25, -0.2) is 13.1 Å². The molecule has 0 spiro atoms. The van der Waals surface area contributed by atoms with Crippen LogP contribution in [-0.4, -0.2) is 50.8 Å². The number of hydrogen-bond acceptors (Lipinski definition) is 4. The molecule has 23 heavy (non-hydrogen) atoms. The van der Waals surface area contributed by atoms with Crippen LogP contribution in [0.1, 0.15) is 26.5 Å². The van der Waals surface area contributed by atoms with E-state index in [1.807, 2.05) is 25.1 Å². The molecule has 130 valence electrons. The van der Waals surface area contributed by atoms with Crippen LogP contribution in [0.25, 0.3) is 0 Å². The van der Waals surface area contributed by atoms with Crippen molar-refractivity contribution >= 4 is 16.0 Å². The molecule has 0 aliphatic carbocycles. The Hall–Kier alpha value is -1.67. The predicted molar refractivity (Wildman–Crippen MR) is 94.0 cm³/mol. The van der Waals surface area contributed by atoms with Crippen molar-refractivity contribution in [2.75, 3.05) is 25.9 Å². The number of aliphatic imine (C=N–C) groups is 1. The largest absolute Gasteiger partial charge is 0.357 e. The fourth-order valence-electron chi connectivity index (χ4n) is 2.01. The standard InChI is InChI=1S/C15H27N5O2S/c1-5-16-14(18-11-9-13-8-6-7-10-17-13)19-12-15(2,3)20-23(4,21)22/h6-8,10,20H,5,9,11-12H2,1-4H3,(H2,16,18,19). The van der Waals surface area contributed by atoms with Gasteiger partial charge in [-0.2, -0.15) is 0 Å².